The maximum Gasteiger partial charge on any atom is 0.410 e. The summed E-state index contributed by atoms with van der Waals surface area (Å²) < 4.78 is 54.1. The van der Waals surface area contributed by atoms with Crippen LogP contribution >= 0.6 is 0 Å². The molecule has 13 atom stereocenters. The van der Waals surface area contributed by atoms with Crippen molar-refractivity contribution in [3.8, 4) is 0 Å². The standard InChI is InChI=1S/C42H62FN5O11/c1-12-30-42(8)33(48(39(53)59-42)21-17-16-20-45-46-44)26(4)31(49)24(2)23-40(6,54-11)35(27(5)34(50)41(7,43)38(52)56-30)58-37-32(29(47(9)10)22-25(3)55-37)57-36(51)28-18-14-13-15-19-28/h13-15,18-19,24-27,29-30,32-33,35,37H,12,16-17,20-23H2,1-11H3/t24-,25-,26+,27+,29+,30-,32-,33-,35-,37+,40+,41+,42-/m1/s1. The van der Waals surface area contributed by atoms with E-state index in [9.17, 15) is 24.0 Å². The number of likely N-dealkylation sites (N-methyl/N-ethyl adjacent to an activating group) is 1. The minimum absolute atomic E-state index is 0.0495. The lowest BCUT2D eigenvalue weighted by atomic mass is 9.73. The Balaban J connectivity index is 1.82. The number of hydrogen-bond acceptors (Lipinski definition) is 13. The average Bonchev–Trinajstić information content (AvgIpc) is 3.46. The monoisotopic (exact) mass is 831 g/mol. The summed E-state index contributed by atoms with van der Waals surface area (Å²) in [5.41, 5.74) is 2.61. The van der Waals surface area contributed by atoms with Gasteiger partial charge in [0.15, 0.2) is 23.8 Å². The summed E-state index contributed by atoms with van der Waals surface area (Å²) in [4.78, 5) is 76.3. The molecule has 0 saturated carbocycles. The predicted molar refractivity (Wildman–Crippen MR) is 213 cm³/mol. The number of alkyl halides is 1. The lowest BCUT2D eigenvalue weighted by Gasteiger charge is -2.48. The third-order valence-electron chi connectivity index (χ3n) is 12.4. The summed E-state index contributed by atoms with van der Waals surface area (Å²) in [7, 11) is 5.03. The number of esters is 2. The molecule has 0 spiro atoms. The summed E-state index contributed by atoms with van der Waals surface area (Å²) in [5, 5.41) is 3.56. The molecule has 3 fully saturated rings. The van der Waals surface area contributed by atoms with Gasteiger partial charge in [0.1, 0.15) is 11.9 Å². The number of ether oxygens (including phenoxy) is 6. The van der Waals surface area contributed by atoms with Crippen molar-refractivity contribution >= 4 is 29.6 Å². The number of cyclic esters (lactones) is 1. The van der Waals surface area contributed by atoms with Crippen molar-refractivity contribution < 1.29 is 56.8 Å². The molecule has 3 aliphatic rings. The first-order valence-corrected chi connectivity index (χ1v) is 20.4. The van der Waals surface area contributed by atoms with Gasteiger partial charge in [-0.1, -0.05) is 51.0 Å². The highest BCUT2D eigenvalue weighted by molar-refractivity contribution is 6.08. The molecule has 0 N–H and O–H groups in total. The predicted octanol–water partition coefficient (Wildman–Crippen LogP) is 6.24. The Morgan fingerprint density at radius 2 is 1.71 bits per heavy atom. The number of hydrogen-bond donors (Lipinski definition) is 0. The van der Waals surface area contributed by atoms with Crippen LogP contribution in [0.5, 0.6) is 0 Å². The van der Waals surface area contributed by atoms with Crippen molar-refractivity contribution in [1.82, 2.24) is 9.80 Å². The highest BCUT2D eigenvalue weighted by Crippen LogP contribution is 2.44. The Labute approximate surface area is 346 Å². The molecule has 0 radical (unpaired) electrons. The van der Waals surface area contributed by atoms with Gasteiger partial charge < -0.3 is 38.2 Å². The topological polar surface area (TPSA) is 196 Å². The van der Waals surface area contributed by atoms with Gasteiger partial charge >= 0.3 is 18.0 Å². The number of halogens is 1. The Morgan fingerprint density at radius 3 is 2.31 bits per heavy atom. The van der Waals surface area contributed by atoms with Crippen LogP contribution in [-0.4, -0.2) is 133 Å². The van der Waals surface area contributed by atoms with Crippen LogP contribution < -0.4 is 0 Å². The Morgan fingerprint density at radius 1 is 1.05 bits per heavy atom. The molecule has 0 aromatic heterocycles. The molecule has 3 aliphatic heterocycles. The third-order valence-corrected chi connectivity index (χ3v) is 12.4. The molecule has 1 aromatic rings. The average molecular weight is 832 g/mol. The maximum atomic E-state index is 17.0. The van der Waals surface area contributed by atoms with Gasteiger partial charge in [0.25, 0.3) is 5.67 Å². The summed E-state index contributed by atoms with van der Waals surface area (Å²) in [5.74, 6) is -6.74. The third kappa shape index (κ3) is 10.1. The fraction of sp³-hybridized carbons (Fsp3) is 0.738. The van der Waals surface area contributed by atoms with Crippen LogP contribution in [0, 0.1) is 17.8 Å². The number of unbranched alkanes of at least 4 members (excludes halogenated alkanes) is 1. The Hall–Kier alpha value is -4.15. The quantitative estimate of drug-likeness (QED) is 0.0438. The van der Waals surface area contributed by atoms with Crippen molar-refractivity contribution in [2.75, 3.05) is 34.3 Å². The molecule has 328 valence electrons. The number of carbonyl (C=O) groups is 5. The van der Waals surface area contributed by atoms with E-state index in [2.05, 4.69) is 10.0 Å². The van der Waals surface area contributed by atoms with E-state index in [1.54, 1.807) is 65.0 Å². The zero-order chi connectivity index (χ0) is 44.0. The van der Waals surface area contributed by atoms with Crippen LogP contribution in [0.1, 0.15) is 97.9 Å². The summed E-state index contributed by atoms with van der Waals surface area (Å²) >= 11 is 0. The van der Waals surface area contributed by atoms with Crippen LogP contribution in [0.25, 0.3) is 10.4 Å². The van der Waals surface area contributed by atoms with Gasteiger partial charge in [0.05, 0.1) is 35.5 Å². The van der Waals surface area contributed by atoms with E-state index in [0.29, 0.717) is 24.8 Å². The van der Waals surface area contributed by atoms with Gasteiger partial charge in [-0.25, -0.2) is 18.8 Å². The van der Waals surface area contributed by atoms with E-state index in [1.165, 1.54) is 18.9 Å². The van der Waals surface area contributed by atoms with Gasteiger partial charge in [0, 0.05) is 42.9 Å². The normalized spacial score (nSPS) is 37.2. The fourth-order valence-corrected chi connectivity index (χ4v) is 9.10. The largest absolute Gasteiger partial charge is 0.455 e. The number of fused-ring (bicyclic) bond motifs is 1. The summed E-state index contributed by atoms with van der Waals surface area (Å²) in [6.45, 7) is 12.6. The number of nitrogens with zero attached hydrogens (tertiary/aromatic N) is 5. The first-order chi connectivity index (χ1) is 27.7. The van der Waals surface area contributed by atoms with E-state index < -0.39 is 101 Å². The zero-order valence-corrected chi connectivity index (χ0v) is 36.2. The maximum absolute atomic E-state index is 17.0. The van der Waals surface area contributed by atoms with E-state index in [1.807, 2.05) is 25.9 Å². The molecule has 3 saturated heterocycles. The Bertz CT molecular complexity index is 1730. The van der Waals surface area contributed by atoms with Gasteiger partial charge in [-0.2, -0.15) is 0 Å². The molecule has 17 heteroatoms. The molecule has 1 aromatic carbocycles. The van der Waals surface area contributed by atoms with Crippen molar-refractivity contribution in [3.63, 3.8) is 0 Å². The number of azide groups is 1. The minimum Gasteiger partial charge on any atom is -0.455 e. The second kappa shape index (κ2) is 19.5. The van der Waals surface area contributed by atoms with Crippen LogP contribution in [0.2, 0.25) is 0 Å². The second-order valence-corrected chi connectivity index (χ2v) is 17.0. The number of carbonyl (C=O) groups excluding carboxylic acids is 5. The molecule has 3 heterocycles. The summed E-state index contributed by atoms with van der Waals surface area (Å²) in [6, 6.07) is 7.00. The van der Waals surface area contributed by atoms with Crippen molar-refractivity contribution in [1.29, 1.82) is 0 Å². The van der Waals surface area contributed by atoms with Crippen LogP contribution in [-0.2, 0) is 42.8 Å². The molecule has 59 heavy (non-hydrogen) atoms. The minimum atomic E-state index is -3.23. The van der Waals surface area contributed by atoms with E-state index >= 15 is 4.39 Å². The zero-order valence-electron chi connectivity index (χ0n) is 36.2. The van der Waals surface area contributed by atoms with Crippen LogP contribution in [0.15, 0.2) is 35.4 Å². The molecule has 0 unspecified atom stereocenters. The lowest BCUT2D eigenvalue weighted by Crippen LogP contribution is -2.62. The lowest BCUT2D eigenvalue weighted by molar-refractivity contribution is -0.295. The molecule has 16 nitrogen and oxygen atoms in total. The molecule has 0 bridgehead atoms. The van der Waals surface area contributed by atoms with Crippen molar-refractivity contribution in [2.24, 2.45) is 22.9 Å². The smallest absolute Gasteiger partial charge is 0.410 e. The van der Waals surface area contributed by atoms with Gasteiger partial charge in [-0.05, 0) is 91.6 Å². The van der Waals surface area contributed by atoms with E-state index in [4.69, 9.17) is 34.0 Å². The fourth-order valence-electron chi connectivity index (χ4n) is 9.10. The van der Waals surface area contributed by atoms with Crippen LogP contribution in [0.3, 0.4) is 0 Å². The first kappa shape index (κ1) is 47.5. The Kier molecular flexibility index (Phi) is 15.7. The number of amides is 1. The number of rotatable bonds is 12. The highest BCUT2D eigenvalue weighted by atomic mass is 19.1. The molecule has 0 aliphatic carbocycles. The highest BCUT2D eigenvalue weighted by Gasteiger charge is 2.62. The van der Waals surface area contributed by atoms with Crippen molar-refractivity contribution in [3.05, 3.63) is 46.3 Å². The van der Waals surface area contributed by atoms with Gasteiger partial charge in [-0.15, -0.1) is 0 Å². The number of methoxy groups -OCH3 is 1. The summed E-state index contributed by atoms with van der Waals surface area (Å²) in [6.07, 6.45) is -4.89. The number of Topliss-reactive ketones (excluding diaryl/α,β-unsaturated/α-hetero) is 2. The van der Waals surface area contributed by atoms with Crippen molar-refractivity contribution in [2.45, 2.75) is 147 Å². The van der Waals surface area contributed by atoms with E-state index in [0.717, 1.165) is 6.92 Å². The number of benzene rings is 1. The van der Waals surface area contributed by atoms with Crippen LogP contribution in [0.4, 0.5) is 9.18 Å². The number of ketones is 2. The molecular weight excluding hydrogens is 769 g/mol. The molecule has 4 rings (SSSR count). The molecular formula is C42H62FN5O11. The first-order valence-electron chi connectivity index (χ1n) is 20.4. The molecule has 1 amide bonds. The SMILES string of the molecule is CC[C@H]1OC(=O)[C@@](C)(F)C(=O)[C@H](C)[C@@H](O[C@@H]2O[C@H](C)C[C@H](N(C)C)[C@H]2OC(=O)c2ccccc2)[C@@](C)(OC)C[C@@H](C)C(=O)[C@H](C)[C@H]2N(CCCCN=[N+]=[N-])C(=O)O[C@]12C. The van der Waals surface area contributed by atoms with E-state index in [-0.39, 0.29) is 31.7 Å². The second-order valence-electron chi connectivity index (χ2n) is 17.0. The van der Waals surface area contributed by atoms with Gasteiger partial charge in [0.2, 0.25) is 0 Å². The van der Waals surface area contributed by atoms with Gasteiger partial charge in [-0.3, -0.25) is 9.59 Å².